The number of hydrogen-bond acceptors (Lipinski definition) is 4. The standard InChI is InChI=1S/C11H14ClN3S/c1-8(4-6-16-2)15-11-10(12)9(7-13)3-5-14-11/h3,5,8H,4,6H2,1-2H3,(H,14,15). The minimum atomic E-state index is 0.298. The molecule has 0 aromatic carbocycles. The summed E-state index contributed by atoms with van der Waals surface area (Å²) in [5, 5.41) is 12.4. The molecular weight excluding hydrogens is 242 g/mol. The highest BCUT2D eigenvalue weighted by atomic mass is 35.5. The fourth-order valence-electron chi connectivity index (χ4n) is 1.23. The summed E-state index contributed by atoms with van der Waals surface area (Å²) < 4.78 is 0. The van der Waals surface area contributed by atoms with E-state index in [0.29, 0.717) is 22.4 Å². The van der Waals surface area contributed by atoms with E-state index in [2.05, 4.69) is 23.5 Å². The maximum atomic E-state index is 8.83. The van der Waals surface area contributed by atoms with Gasteiger partial charge in [0.15, 0.2) is 0 Å². The van der Waals surface area contributed by atoms with Gasteiger partial charge < -0.3 is 5.32 Å². The van der Waals surface area contributed by atoms with Crippen LogP contribution in [-0.4, -0.2) is 23.0 Å². The van der Waals surface area contributed by atoms with Gasteiger partial charge in [0.25, 0.3) is 0 Å². The van der Waals surface area contributed by atoms with Gasteiger partial charge in [-0.1, -0.05) is 11.6 Å². The van der Waals surface area contributed by atoms with Gasteiger partial charge in [0.05, 0.1) is 5.56 Å². The first-order valence-corrected chi connectivity index (χ1v) is 6.76. The summed E-state index contributed by atoms with van der Waals surface area (Å²) >= 11 is 7.84. The van der Waals surface area contributed by atoms with Crippen molar-refractivity contribution in [2.45, 2.75) is 19.4 Å². The van der Waals surface area contributed by atoms with E-state index in [0.717, 1.165) is 12.2 Å². The van der Waals surface area contributed by atoms with E-state index in [1.807, 2.05) is 6.07 Å². The van der Waals surface area contributed by atoms with Crippen molar-refractivity contribution in [3.05, 3.63) is 22.8 Å². The average Bonchev–Trinajstić information content (AvgIpc) is 2.29. The molecule has 0 spiro atoms. The lowest BCUT2D eigenvalue weighted by molar-refractivity contribution is 0.767. The lowest BCUT2D eigenvalue weighted by Crippen LogP contribution is -2.17. The van der Waals surface area contributed by atoms with Crippen molar-refractivity contribution >= 4 is 29.2 Å². The molecule has 0 bridgehead atoms. The number of aromatic nitrogens is 1. The van der Waals surface area contributed by atoms with Crippen LogP contribution in [0.2, 0.25) is 5.02 Å². The molecule has 1 aromatic heterocycles. The Morgan fingerprint density at radius 3 is 3.06 bits per heavy atom. The third-order valence-corrected chi connectivity index (χ3v) is 3.17. The van der Waals surface area contributed by atoms with Crippen LogP contribution in [0.4, 0.5) is 5.82 Å². The summed E-state index contributed by atoms with van der Waals surface area (Å²) in [4.78, 5) is 4.13. The maximum Gasteiger partial charge on any atom is 0.146 e. The second-order valence-electron chi connectivity index (χ2n) is 3.46. The number of hydrogen-bond donors (Lipinski definition) is 1. The number of nitrogens with zero attached hydrogens (tertiary/aromatic N) is 2. The van der Waals surface area contributed by atoms with Crippen LogP contribution < -0.4 is 5.32 Å². The monoisotopic (exact) mass is 255 g/mol. The normalized spacial score (nSPS) is 11.9. The molecule has 0 fully saturated rings. The molecule has 5 heteroatoms. The Hall–Kier alpha value is -0.920. The van der Waals surface area contributed by atoms with Crippen LogP contribution >= 0.6 is 23.4 Å². The highest BCUT2D eigenvalue weighted by Crippen LogP contribution is 2.23. The topological polar surface area (TPSA) is 48.7 Å². The molecule has 1 N–H and O–H groups in total. The Kier molecular flexibility index (Phi) is 5.44. The molecule has 1 atom stereocenters. The van der Waals surface area contributed by atoms with E-state index in [-0.39, 0.29) is 0 Å². The number of nitriles is 1. The molecule has 1 rings (SSSR count). The summed E-state index contributed by atoms with van der Waals surface area (Å²) in [5.74, 6) is 1.68. The largest absolute Gasteiger partial charge is 0.366 e. The van der Waals surface area contributed by atoms with Crippen LogP contribution in [0.5, 0.6) is 0 Å². The minimum absolute atomic E-state index is 0.298. The Morgan fingerprint density at radius 2 is 2.44 bits per heavy atom. The number of nitrogens with one attached hydrogen (secondary N) is 1. The highest BCUT2D eigenvalue weighted by Gasteiger charge is 2.09. The lowest BCUT2D eigenvalue weighted by Gasteiger charge is -2.14. The number of thioether (sulfide) groups is 1. The van der Waals surface area contributed by atoms with Crippen LogP contribution in [0.3, 0.4) is 0 Å². The van der Waals surface area contributed by atoms with Gasteiger partial charge >= 0.3 is 0 Å². The Balaban J connectivity index is 2.70. The Morgan fingerprint density at radius 1 is 1.69 bits per heavy atom. The summed E-state index contributed by atoms with van der Waals surface area (Å²) in [7, 11) is 0. The molecule has 0 aliphatic rings. The van der Waals surface area contributed by atoms with E-state index in [9.17, 15) is 0 Å². The molecule has 0 amide bonds. The molecule has 86 valence electrons. The van der Waals surface area contributed by atoms with Crippen LogP contribution in [0, 0.1) is 11.3 Å². The number of halogens is 1. The van der Waals surface area contributed by atoms with Crippen molar-refractivity contribution in [2.24, 2.45) is 0 Å². The van der Waals surface area contributed by atoms with Gasteiger partial charge in [0, 0.05) is 12.2 Å². The van der Waals surface area contributed by atoms with E-state index in [1.165, 1.54) is 0 Å². The number of anilines is 1. The predicted molar refractivity (Wildman–Crippen MR) is 70.0 cm³/mol. The van der Waals surface area contributed by atoms with Crippen molar-refractivity contribution in [1.29, 1.82) is 5.26 Å². The van der Waals surface area contributed by atoms with Gasteiger partial charge in [-0.25, -0.2) is 4.98 Å². The Bertz CT molecular complexity index is 389. The second kappa shape index (κ2) is 6.62. The second-order valence-corrected chi connectivity index (χ2v) is 4.82. The molecule has 3 nitrogen and oxygen atoms in total. The summed E-state index contributed by atoms with van der Waals surface area (Å²) in [6.45, 7) is 2.08. The van der Waals surface area contributed by atoms with Crippen LogP contribution in [0.1, 0.15) is 18.9 Å². The van der Waals surface area contributed by atoms with E-state index < -0.39 is 0 Å². The van der Waals surface area contributed by atoms with Gasteiger partial charge in [-0.05, 0) is 31.4 Å². The highest BCUT2D eigenvalue weighted by molar-refractivity contribution is 7.98. The van der Waals surface area contributed by atoms with Crippen LogP contribution in [0.15, 0.2) is 12.3 Å². The van der Waals surface area contributed by atoms with Gasteiger partial charge in [0.2, 0.25) is 0 Å². The molecule has 0 aliphatic carbocycles. The van der Waals surface area contributed by atoms with Gasteiger partial charge in [-0.2, -0.15) is 17.0 Å². The first-order valence-electron chi connectivity index (χ1n) is 4.99. The molecule has 16 heavy (non-hydrogen) atoms. The van der Waals surface area contributed by atoms with Gasteiger partial charge in [-0.3, -0.25) is 0 Å². The molecule has 1 aromatic rings. The van der Waals surface area contributed by atoms with Crippen molar-refractivity contribution < 1.29 is 0 Å². The smallest absolute Gasteiger partial charge is 0.146 e. The van der Waals surface area contributed by atoms with E-state index in [4.69, 9.17) is 16.9 Å². The van der Waals surface area contributed by atoms with Crippen LogP contribution in [-0.2, 0) is 0 Å². The molecule has 0 saturated heterocycles. The third-order valence-electron chi connectivity index (χ3n) is 2.15. The summed E-state index contributed by atoms with van der Waals surface area (Å²) in [5.41, 5.74) is 0.455. The summed E-state index contributed by atoms with van der Waals surface area (Å²) in [6.07, 6.45) is 4.71. The van der Waals surface area contributed by atoms with Crippen LogP contribution in [0.25, 0.3) is 0 Å². The SMILES string of the molecule is CSCCC(C)Nc1nccc(C#N)c1Cl. The number of pyridine rings is 1. The van der Waals surface area contributed by atoms with E-state index >= 15 is 0 Å². The van der Waals surface area contributed by atoms with Crippen molar-refractivity contribution in [1.82, 2.24) is 4.98 Å². The first kappa shape index (κ1) is 13.1. The first-order chi connectivity index (χ1) is 7.69. The molecule has 0 saturated carbocycles. The Labute approximate surface area is 105 Å². The molecule has 1 unspecified atom stereocenters. The lowest BCUT2D eigenvalue weighted by atomic mass is 10.2. The fourth-order valence-corrected chi connectivity index (χ4v) is 2.03. The third kappa shape index (κ3) is 3.58. The minimum Gasteiger partial charge on any atom is -0.366 e. The summed E-state index contributed by atoms with van der Waals surface area (Å²) in [6, 6.07) is 3.94. The van der Waals surface area contributed by atoms with E-state index in [1.54, 1.807) is 24.0 Å². The van der Waals surface area contributed by atoms with Gasteiger partial charge in [-0.15, -0.1) is 0 Å². The molecule has 0 aliphatic heterocycles. The fraction of sp³-hybridized carbons (Fsp3) is 0.455. The molecule has 1 heterocycles. The quantitative estimate of drug-likeness (QED) is 0.878. The van der Waals surface area contributed by atoms with Crippen molar-refractivity contribution in [2.75, 3.05) is 17.3 Å². The molecular formula is C11H14ClN3S. The molecule has 0 radical (unpaired) electrons. The maximum absolute atomic E-state index is 8.83. The zero-order chi connectivity index (χ0) is 12.0. The zero-order valence-electron chi connectivity index (χ0n) is 9.33. The number of rotatable bonds is 5. The van der Waals surface area contributed by atoms with Crippen molar-refractivity contribution in [3.63, 3.8) is 0 Å². The zero-order valence-corrected chi connectivity index (χ0v) is 10.9. The van der Waals surface area contributed by atoms with Crippen molar-refractivity contribution in [3.8, 4) is 6.07 Å². The predicted octanol–water partition coefficient (Wildman–Crippen LogP) is 3.16. The average molecular weight is 256 g/mol. The van der Waals surface area contributed by atoms with Gasteiger partial charge in [0.1, 0.15) is 16.9 Å².